The Balaban J connectivity index is 1.66. The van der Waals surface area contributed by atoms with Crippen LogP contribution in [0.4, 0.5) is 8.78 Å². The molecule has 0 aromatic heterocycles. The van der Waals surface area contributed by atoms with Gasteiger partial charge in [0.25, 0.3) is 0 Å². The Labute approximate surface area is 131 Å². The third-order valence-corrected chi connectivity index (χ3v) is 4.98. The van der Waals surface area contributed by atoms with Crippen molar-refractivity contribution in [3.63, 3.8) is 0 Å². The molecule has 0 amide bonds. The topological polar surface area (TPSA) is 12.5 Å². The molecule has 2 aliphatic rings. The van der Waals surface area contributed by atoms with Crippen LogP contribution in [0.3, 0.4) is 0 Å². The van der Waals surface area contributed by atoms with E-state index in [1.807, 2.05) is 0 Å². The van der Waals surface area contributed by atoms with Crippen LogP contribution in [0.2, 0.25) is 0 Å². The molecule has 2 nitrogen and oxygen atoms in total. The Kier molecular flexibility index (Phi) is 5.42. The van der Waals surface area contributed by atoms with Crippen LogP contribution in [0, 0.1) is 11.6 Å². The van der Waals surface area contributed by atoms with E-state index in [4.69, 9.17) is 4.74 Å². The van der Waals surface area contributed by atoms with Gasteiger partial charge in [-0.3, -0.25) is 0 Å². The summed E-state index contributed by atoms with van der Waals surface area (Å²) in [6, 6.07) is 3.09. The summed E-state index contributed by atoms with van der Waals surface area (Å²) in [6.45, 7) is 4.24. The molecule has 0 N–H and O–H groups in total. The van der Waals surface area contributed by atoms with Gasteiger partial charge < -0.3 is 9.64 Å². The largest absolute Gasteiger partial charge is 0.381 e. The van der Waals surface area contributed by atoms with Gasteiger partial charge in [0.1, 0.15) is 11.6 Å². The Morgan fingerprint density at radius 1 is 1.00 bits per heavy atom. The summed E-state index contributed by atoms with van der Waals surface area (Å²) < 4.78 is 34.0. The number of rotatable bonds is 4. The number of nitrogens with zero attached hydrogens (tertiary/aromatic N) is 1. The molecule has 1 aromatic rings. The van der Waals surface area contributed by atoms with Crippen molar-refractivity contribution in [2.75, 3.05) is 32.8 Å². The van der Waals surface area contributed by atoms with Gasteiger partial charge in [-0.1, -0.05) is 6.42 Å². The Morgan fingerprint density at radius 2 is 1.64 bits per heavy atom. The molecule has 0 saturated carbocycles. The molecule has 1 aromatic carbocycles. The number of hydrogen-bond acceptors (Lipinski definition) is 2. The van der Waals surface area contributed by atoms with Gasteiger partial charge in [0, 0.05) is 25.3 Å². The minimum Gasteiger partial charge on any atom is -0.381 e. The SMILES string of the molecule is Fc1cc(C2CCOCC2)cc(F)c1CCN1CCCCC1. The molecule has 0 bridgehead atoms. The monoisotopic (exact) mass is 309 g/mol. The van der Waals surface area contributed by atoms with Gasteiger partial charge in [0.2, 0.25) is 0 Å². The van der Waals surface area contributed by atoms with Crippen LogP contribution >= 0.6 is 0 Å². The first kappa shape index (κ1) is 15.9. The molecular formula is C18H25F2NO. The maximum atomic E-state index is 14.3. The van der Waals surface area contributed by atoms with Crippen LogP contribution in [-0.4, -0.2) is 37.7 Å². The lowest BCUT2D eigenvalue weighted by molar-refractivity contribution is 0.0852. The highest BCUT2D eigenvalue weighted by Gasteiger charge is 2.20. The van der Waals surface area contributed by atoms with Crippen molar-refractivity contribution in [2.24, 2.45) is 0 Å². The van der Waals surface area contributed by atoms with Crippen LogP contribution in [0.5, 0.6) is 0 Å². The molecule has 3 rings (SSSR count). The molecule has 0 spiro atoms. The normalized spacial score (nSPS) is 21.2. The molecule has 0 unspecified atom stereocenters. The van der Waals surface area contributed by atoms with Crippen LogP contribution in [0.1, 0.15) is 49.1 Å². The third-order valence-electron chi connectivity index (χ3n) is 4.98. The minimum atomic E-state index is -0.376. The van der Waals surface area contributed by atoms with Crippen molar-refractivity contribution in [3.8, 4) is 0 Å². The molecule has 0 aliphatic carbocycles. The second kappa shape index (κ2) is 7.51. The predicted molar refractivity (Wildman–Crippen MR) is 83.1 cm³/mol. The predicted octanol–water partition coefficient (Wildman–Crippen LogP) is 3.89. The fourth-order valence-corrected chi connectivity index (χ4v) is 3.58. The summed E-state index contributed by atoms with van der Waals surface area (Å²) in [5.74, 6) is -0.522. The van der Waals surface area contributed by atoms with E-state index in [0.717, 1.165) is 38.0 Å². The van der Waals surface area contributed by atoms with E-state index in [-0.39, 0.29) is 23.1 Å². The Morgan fingerprint density at radius 3 is 2.27 bits per heavy atom. The van der Waals surface area contributed by atoms with Gasteiger partial charge >= 0.3 is 0 Å². The number of benzene rings is 1. The number of hydrogen-bond donors (Lipinski definition) is 0. The second-order valence-corrected chi connectivity index (χ2v) is 6.50. The molecule has 2 saturated heterocycles. The molecule has 0 radical (unpaired) electrons. The van der Waals surface area contributed by atoms with Gasteiger partial charge in [0.05, 0.1) is 0 Å². The van der Waals surface area contributed by atoms with Gasteiger partial charge in [-0.05, 0) is 68.8 Å². The molecular weight excluding hydrogens is 284 g/mol. The zero-order chi connectivity index (χ0) is 15.4. The summed E-state index contributed by atoms with van der Waals surface area (Å²) >= 11 is 0. The van der Waals surface area contributed by atoms with Crippen LogP contribution < -0.4 is 0 Å². The van der Waals surface area contributed by atoms with Gasteiger partial charge in [-0.25, -0.2) is 8.78 Å². The maximum Gasteiger partial charge on any atom is 0.129 e. The summed E-state index contributed by atoms with van der Waals surface area (Å²) in [5.41, 5.74) is 1.04. The molecule has 4 heteroatoms. The lowest BCUT2D eigenvalue weighted by Crippen LogP contribution is -2.31. The van der Waals surface area contributed by atoms with Crippen LogP contribution in [0.25, 0.3) is 0 Å². The van der Waals surface area contributed by atoms with E-state index in [9.17, 15) is 8.78 Å². The third kappa shape index (κ3) is 3.85. The maximum absolute atomic E-state index is 14.3. The quantitative estimate of drug-likeness (QED) is 0.837. The molecule has 22 heavy (non-hydrogen) atoms. The first-order valence-corrected chi connectivity index (χ1v) is 8.52. The van der Waals surface area contributed by atoms with Crippen molar-refractivity contribution in [3.05, 3.63) is 34.9 Å². The van der Waals surface area contributed by atoms with Gasteiger partial charge in [-0.2, -0.15) is 0 Å². The molecule has 122 valence electrons. The van der Waals surface area contributed by atoms with Gasteiger partial charge in [0.15, 0.2) is 0 Å². The van der Waals surface area contributed by atoms with E-state index in [2.05, 4.69) is 4.90 Å². The summed E-state index contributed by atoms with van der Waals surface area (Å²) in [5, 5.41) is 0. The highest BCUT2D eigenvalue weighted by molar-refractivity contribution is 5.29. The molecule has 0 atom stereocenters. The summed E-state index contributed by atoms with van der Waals surface area (Å²) in [4.78, 5) is 2.31. The first-order chi connectivity index (χ1) is 10.7. The smallest absolute Gasteiger partial charge is 0.129 e. The van der Waals surface area contributed by atoms with Crippen molar-refractivity contribution >= 4 is 0 Å². The van der Waals surface area contributed by atoms with Crippen molar-refractivity contribution in [1.82, 2.24) is 4.90 Å². The summed E-state index contributed by atoms with van der Waals surface area (Å²) in [6.07, 6.45) is 5.85. The van der Waals surface area contributed by atoms with E-state index >= 15 is 0 Å². The zero-order valence-corrected chi connectivity index (χ0v) is 13.1. The number of likely N-dealkylation sites (tertiary alicyclic amines) is 1. The number of halogens is 2. The van der Waals surface area contributed by atoms with Crippen molar-refractivity contribution in [1.29, 1.82) is 0 Å². The average molecular weight is 309 g/mol. The fraction of sp³-hybridized carbons (Fsp3) is 0.667. The second-order valence-electron chi connectivity index (χ2n) is 6.50. The lowest BCUT2D eigenvalue weighted by atomic mass is 9.90. The van der Waals surface area contributed by atoms with E-state index in [1.54, 1.807) is 12.1 Å². The average Bonchev–Trinajstić information content (AvgIpc) is 2.56. The molecule has 2 fully saturated rings. The zero-order valence-electron chi connectivity index (χ0n) is 13.1. The van der Waals surface area contributed by atoms with Crippen LogP contribution in [-0.2, 0) is 11.2 Å². The summed E-state index contributed by atoms with van der Waals surface area (Å²) in [7, 11) is 0. The minimum absolute atomic E-state index is 0.230. The van der Waals surface area contributed by atoms with Crippen molar-refractivity contribution < 1.29 is 13.5 Å². The number of piperidine rings is 1. The van der Waals surface area contributed by atoms with Gasteiger partial charge in [-0.15, -0.1) is 0 Å². The Hall–Kier alpha value is -1.00. The van der Waals surface area contributed by atoms with E-state index < -0.39 is 0 Å². The fourth-order valence-electron chi connectivity index (χ4n) is 3.58. The highest BCUT2D eigenvalue weighted by Crippen LogP contribution is 2.29. The standard InChI is InChI=1S/C18H25F2NO/c19-17-12-15(14-5-10-22-11-6-14)13-18(20)16(17)4-9-21-7-2-1-3-8-21/h12-14H,1-11H2. The lowest BCUT2D eigenvalue weighted by Gasteiger charge is -2.26. The first-order valence-electron chi connectivity index (χ1n) is 8.52. The van der Waals surface area contributed by atoms with Crippen molar-refractivity contribution in [2.45, 2.75) is 44.4 Å². The highest BCUT2D eigenvalue weighted by atomic mass is 19.1. The van der Waals surface area contributed by atoms with E-state index in [1.165, 1.54) is 19.3 Å². The number of ether oxygens (including phenoxy) is 1. The van der Waals surface area contributed by atoms with Crippen LogP contribution in [0.15, 0.2) is 12.1 Å². The molecule has 2 heterocycles. The van der Waals surface area contributed by atoms with E-state index in [0.29, 0.717) is 19.6 Å². The Bertz CT molecular complexity index is 471. The molecule has 2 aliphatic heterocycles.